The molecule has 4 rings (SSSR count). The highest BCUT2D eigenvalue weighted by Crippen LogP contribution is 2.36. The molecule has 1 fully saturated rings. The number of fused-ring (bicyclic) bond motifs is 1. The van der Waals surface area contributed by atoms with Crippen LogP contribution in [0.25, 0.3) is 5.57 Å². The first kappa shape index (κ1) is 23.1. The minimum atomic E-state index is -0.386. The van der Waals surface area contributed by atoms with E-state index in [4.69, 9.17) is 4.74 Å². The summed E-state index contributed by atoms with van der Waals surface area (Å²) in [6.07, 6.45) is 5.58. The molecule has 0 saturated carbocycles. The van der Waals surface area contributed by atoms with Gasteiger partial charge in [-0.1, -0.05) is 38.0 Å². The van der Waals surface area contributed by atoms with Gasteiger partial charge in [-0.05, 0) is 69.1 Å². The number of likely N-dealkylation sites (tertiary alicyclic amines) is 1. The highest BCUT2D eigenvalue weighted by Gasteiger charge is 2.28. The Morgan fingerprint density at radius 1 is 1.06 bits per heavy atom. The van der Waals surface area contributed by atoms with Crippen molar-refractivity contribution in [2.75, 3.05) is 30.3 Å². The van der Waals surface area contributed by atoms with Crippen molar-refractivity contribution in [3.8, 4) is 0 Å². The molecule has 0 aliphatic carbocycles. The number of allylic oxidation sites excluding steroid dienone is 1. The van der Waals surface area contributed by atoms with Gasteiger partial charge in [0.1, 0.15) is 0 Å². The lowest BCUT2D eigenvalue weighted by Crippen LogP contribution is -2.29. The van der Waals surface area contributed by atoms with Gasteiger partial charge in [0.05, 0.1) is 23.4 Å². The van der Waals surface area contributed by atoms with E-state index in [1.807, 2.05) is 6.07 Å². The molecular weight excluding hydrogens is 414 g/mol. The topological polar surface area (TPSA) is 70.7 Å². The normalized spacial score (nSPS) is 17.3. The molecule has 0 bridgehead atoms. The minimum absolute atomic E-state index is 0.149. The number of hydrogen-bond acceptors (Lipinski definition) is 5. The van der Waals surface area contributed by atoms with Gasteiger partial charge in [-0.2, -0.15) is 0 Å². The molecule has 2 heterocycles. The van der Waals surface area contributed by atoms with Crippen LogP contribution in [0.15, 0.2) is 48.2 Å². The summed E-state index contributed by atoms with van der Waals surface area (Å²) in [7, 11) is 0. The summed E-state index contributed by atoms with van der Waals surface area (Å²) in [4.78, 5) is 27.5. The van der Waals surface area contributed by atoms with Gasteiger partial charge in [-0.15, -0.1) is 0 Å². The number of rotatable bonds is 8. The Balaban J connectivity index is 1.55. The van der Waals surface area contributed by atoms with Gasteiger partial charge in [0.15, 0.2) is 0 Å². The van der Waals surface area contributed by atoms with Crippen molar-refractivity contribution >= 4 is 28.8 Å². The first-order valence-electron chi connectivity index (χ1n) is 12.0. The van der Waals surface area contributed by atoms with Crippen LogP contribution in [-0.4, -0.2) is 36.5 Å². The number of carbonyl (C=O) groups excluding carboxylic acids is 2. The molecule has 0 spiro atoms. The summed E-state index contributed by atoms with van der Waals surface area (Å²) >= 11 is 0. The van der Waals surface area contributed by atoms with Crippen molar-refractivity contribution < 1.29 is 14.3 Å². The lowest BCUT2D eigenvalue weighted by molar-refractivity contribution is -0.110. The predicted molar refractivity (Wildman–Crippen MR) is 132 cm³/mol. The van der Waals surface area contributed by atoms with Crippen LogP contribution >= 0.6 is 0 Å². The van der Waals surface area contributed by atoms with E-state index in [9.17, 15) is 9.59 Å². The van der Waals surface area contributed by atoms with Crippen LogP contribution in [0.4, 0.5) is 11.4 Å². The standard InChI is InChI=1S/C27H33N3O3/c1-3-8-23(28-21-12-9-19(10-13-21)18-30-15-6-5-7-16-30)25-22-14-11-20(27(32)33-4-2)17-24(22)29-26(25)31/h9-14,17,28H,3-8,15-16,18H2,1-2H3,(H,29,31). The van der Waals surface area contributed by atoms with Gasteiger partial charge in [0.25, 0.3) is 5.91 Å². The molecular formula is C27H33N3O3. The van der Waals surface area contributed by atoms with Gasteiger partial charge >= 0.3 is 5.97 Å². The summed E-state index contributed by atoms with van der Waals surface area (Å²) in [5.41, 5.74) is 5.70. The maximum absolute atomic E-state index is 12.9. The van der Waals surface area contributed by atoms with E-state index in [2.05, 4.69) is 46.7 Å². The SMILES string of the molecule is CCCC(Nc1ccc(CN2CCCCC2)cc1)=C1C(=O)Nc2cc(C(=O)OCC)ccc21. The van der Waals surface area contributed by atoms with Crippen LogP contribution in [0, 0.1) is 0 Å². The number of ether oxygens (including phenoxy) is 1. The molecule has 1 amide bonds. The summed E-state index contributed by atoms with van der Waals surface area (Å²) in [6, 6.07) is 13.8. The molecule has 174 valence electrons. The second kappa shape index (κ2) is 10.7. The monoisotopic (exact) mass is 447 g/mol. The fraction of sp³-hybridized carbons (Fsp3) is 0.407. The number of hydrogen-bond donors (Lipinski definition) is 2. The predicted octanol–water partition coefficient (Wildman–Crippen LogP) is 5.42. The lowest BCUT2D eigenvalue weighted by Gasteiger charge is -2.26. The summed E-state index contributed by atoms with van der Waals surface area (Å²) in [5, 5.41) is 6.41. The Hall–Kier alpha value is -3.12. The van der Waals surface area contributed by atoms with Gasteiger partial charge in [-0.3, -0.25) is 9.69 Å². The third kappa shape index (κ3) is 5.45. The van der Waals surface area contributed by atoms with Crippen LogP contribution in [-0.2, 0) is 16.1 Å². The summed E-state index contributed by atoms with van der Waals surface area (Å²) < 4.78 is 5.08. The zero-order valence-corrected chi connectivity index (χ0v) is 19.6. The molecule has 2 aromatic rings. The van der Waals surface area contributed by atoms with Crippen LogP contribution in [0.1, 0.15) is 67.4 Å². The number of amides is 1. The van der Waals surface area contributed by atoms with Gasteiger partial charge in [0.2, 0.25) is 0 Å². The zero-order valence-electron chi connectivity index (χ0n) is 19.6. The summed E-state index contributed by atoms with van der Waals surface area (Å²) in [6.45, 7) is 7.53. The van der Waals surface area contributed by atoms with Crippen LogP contribution < -0.4 is 10.6 Å². The molecule has 2 aliphatic rings. The number of nitrogens with one attached hydrogen (secondary N) is 2. The maximum atomic E-state index is 12.9. The van der Waals surface area contributed by atoms with E-state index in [1.165, 1.54) is 37.9 Å². The number of anilines is 2. The minimum Gasteiger partial charge on any atom is -0.462 e. The average Bonchev–Trinajstić information content (AvgIpc) is 3.15. The molecule has 2 N–H and O–H groups in total. The van der Waals surface area contributed by atoms with E-state index in [1.54, 1.807) is 19.1 Å². The second-order valence-electron chi connectivity index (χ2n) is 8.70. The van der Waals surface area contributed by atoms with Crippen molar-refractivity contribution in [3.63, 3.8) is 0 Å². The van der Waals surface area contributed by atoms with Crippen molar-refractivity contribution in [2.45, 2.75) is 52.5 Å². The van der Waals surface area contributed by atoms with Crippen molar-refractivity contribution in [3.05, 3.63) is 64.9 Å². The number of nitrogens with zero attached hydrogens (tertiary/aromatic N) is 1. The Morgan fingerprint density at radius 3 is 2.52 bits per heavy atom. The number of benzene rings is 2. The third-order valence-electron chi connectivity index (χ3n) is 6.18. The maximum Gasteiger partial charge on any atom is 0.338 e. The third-order valence-corrected chi connectivity index (χ3v) is 6.18. The first-order chi connectivity index (χ1) is 16.1. The smallest absolute Gasteiger partial charge is 0.338 e. The Labute approximate surface area is 196 Å². The van der Waals surface area contributed by atoms with E-state index in [-0.39, 0.29) is 11.9 Å². The molecule has 6 heteroatoms. The molecule has 0 radical (unpaired) electrons. The number of carbonyl (C=O) groups is 2. The fourth-order valence-corrected chi connectivity index (χ4v) is 4.56. The second-order valence-corrected chi connectivity index (χ2v) is 8.70. The highest BCUT2D eigenvalue weighted by molar-refractivity contribution is 6.32. The molecule has 0 atom stereocenters. The Bertz CT molecular complexity index is 1040. The van der Waals surface area contributed by atoms with E-state index in [0.29, 0.717) is 23.4 Å². The molecule has 33 heavy (non-hydrogen) atoms. The highest BCUT2D eigenvalue weighted by atomic mass is 16.5. The lowest BCUT2D eigenvalue weighted by atomic mass is 10.0. The molecule has 2 aromatic carbocycles. The zero-order chi connectivity index (χ0) is 23.2. The van der Waals surface area contributed by atoms with Crippen molar-refractivity contribution in [2.24, 2.45) is 0 Å². The van der Waals surface area contributed by atoms with E-state index < -0.39 is 0 Å². The Morgan fingerprint density at radius 2 is 1.82 bits per heavy atom. The largest absolute Gasteiger partial charge is 0.462 e. The quantitative estimate of drug-likeness (QED) is 0.417. The first-order valence-corrected chi connectivity index (χ1v) is 12.0. The number of esters is 1. The molecule has 1 saturated heterocycles. The number of piperidine rings is 1. The fourth-order valence-electron chi connectivity index (χ4n) is 4.56. The van der Waals surface area contributed by atoms with Gasteiger partial charge in [-0.25, -0.2) is 4.79 Å². The van der Waals surface area contributed by atoms with E-state index >= 15 is 0 Å². The van der Waals surface area contributed by atoms with E-state index in [0.717, 1.165) is 36.3 Å². The van der Waals surface area contributed by atoms with Crippen LogP contribution in [0.2, 0.25) is 0 Å². The van der Waals surface area contributed by atoms with Crippen LogP contribution in [0.3, 0.4) is 0 Å². The average molecular weight is 448 g/mol. The molecule has 0 aromatic heterocycles. The molecule has 6 nitrogen and oxygen atoms in total. The molecule has 2 aliphatic heterocycles. The van der Waals surface area contributed by atoms with Crippen molar-refractivity contribution in [1.82, 2.24) is 4.90 Å². The van der Waals surface area contributed by atoms with Gasteiger partial charge < -0.3 is 15.4 Å². The molecule has 0 unspecified atom stereocenters. The van der Waals surface area contributed by atoms with Crippen molar-refractivity contribution in [1.29, 1.82) is 0 Å². The Kier molecular flexibility index (Phi) is 7.45. The van der Waals surface area contributed by atoms with Gasteiger partial charge in [0, 0.05) is 23.5 Å². The van der Waals surface area contributed by atoms with Crippen LogP contribution in [0.5, 0.6) is 0 Å². The summed E-state index contributed by atoms with van der Waals surface area (Å²) in [5.74, 6) is -0.535.